The van der Waals surface area contributed by atoms with Crippen molar-refractivity contribution >= 4 is 29.9 Å². The minimum Gasteiger partial charge on any atom is -0.370 e. The molecule has 1 heterocycles. The number of guanidine groups is 1. The van der Waals surface area contributed by atoms with Gasteiger partial charge < -0.3 is 15.6 Å². The summed E-state index contributed by atoms with van der Waals surface area (Å²) < 4.78 is 2.04. The minimum absolute atomic E-state index is 0. The molecule has 0 aliphatic heterocycles. The van der Waals surface area contributed by atoms with Gasteiger partial charge in [-0.1, -0.05) is 13.8 Å². The summed E-state index contributed by atoms with van der Waals surface area (Å²) in [4.78, 5) is 8.20. The topological polar surface area (TPSA) is 68.2 Å². The van der Waals surface area contributed by atoms with Crippen molar-refractivity contribution in [2.75, 3.05) is 13.1 Å². The van der Waals surface area contributed by atoms with Crippen molar-refractivity contribution in [2.24, 2.45) is 16.6 Å². The molecule has 0 amide bonds. The third kappa shape index (κ3) is 8.00. The van der Waals surface area contributed by atoms with Crippen molar-refractivity contribution in [1.82, 2.24) is 14.9 Å². The zero-order valence-electron chi connectivity index (χ0n) is 10.5. The van der Waals surface area contributed by atoms with Crippen LogP contribution in [0.1, 0.15) is 20.3 Å². The van der Waals surface area contributed by atoms with Crippen molar-refractivity contribution in [3.63, 3.8) is 0 Å². The van der Waals surface area contributed by atoms with Crippen LogP contribution in [0.15, 0.2) is 23.7 Å². The first-order chi connectivity index (χ1) is 7.68. The molecule has 0 saturated heterocycles. The number of aryl methyl sites for hydroxylation is 1. The Labute approximate surface area is 120 Å². The molecule has 3 N–H and O–H groups in total. The number of nitrogens with one attached hydrogen (secondary N) is 1. The highest BCUT2D eigenvalue weighted by Gasteiger charge is 1.94. The second-order valence-corrected chi connectivity index (χ2v) is 4.20. The zero-order valence-corrected chi connectivity index (χ0v) is 12.8. The highest BCUT2D eigenvalue weighted by atomic mass is 127. The summed E-state index contributed by atoms with van der Waals surface area (Å²) in [6.07, 6.45) is 6.56. The van der Waals surface area contributed by atoms with Gasteiger partial charge in [0.25, 0.3) is 0 Å². The Kier molecular flexibility index (Phi) is 8.83. The van der Waals surface area contributed by atoms with Gasteiger partial charge in [0, 0.05) is 32.0 Å². The van der Waals surface area contributed by atoms with E-state index < -0.39 is 0 Å². The largest absolute Gasteiger partial charge is 0.370 e. The molecule has 1 rings (SSSR count). The van der Waals surface area contributed by atoms with E-state index in [1.807, 2.05) is 17.1 Å². The van der Waals surface area contributed by atoms with Gasteiger partial charge in [-0.25, -0.2) is 4.98 Å². The van der Waals surface area contributed by atoms with E-state index in [9.17, 15) is 0 Å². The third-order valence-corrected chi connectivity index (χ3v) is 2.09. The summed E-state index contributed by atoms with van der Waals surface area (Å²) in [5.74, 6) is 1.09. The molecule has 0 aromatic carbocycles. The van der Waals surface area contributed by atoms with E-state index >= 15 is 0 Å². The van der Waals surface area contributed by atoms with E-state index in [2.05, 4.69) is 29.1 Å². The second-order valence-electron chi connectivity index (χ2n) is 4.20. The lowest BCUT2D eigenvalue weighted by Gasteiger charge is -2.06. The first-order valence-electron chi connectivity index (χ1n) is 5.68. The quantitative estimate of drug-likeness (QED) is 0.353. The molecular weight excluding hydrogens is 329 g/mol. The first-order valence-corrected chi connectivity index (χ1v) is 5.68. The maximum Gasteiger partial charge on any atom is 0.188 e. The maximum atomic E-state index is 5.70. The lowest BCUT2D eigenvalue weighted by atomic mass is 10.2. The van der Waals surface area contributed by atoms with Gasteiger partial charge >= 0.3 is 0 Å². The van der Waals surface area contributed by atoms with Crippen LogP contribution in [0.25, 0.3) is 0 Å². The SMILES string of the molecule is CC(C)CN=C(N)NCCCn1ccnc1.I. The van der Waals surface area contributed by atoms with Crippen molar-refractivity contribution in [2.45, 2.75) is 26.8 Å². The first kappa shape index (κ1) is 16.2. The molecule has 98 valence electrons. The average Bonchev–Trinajstić information content (AvgIpc) is 2.74. The Bertz CT molecular complexity index is 308. The standard InChI is InChI=1S/C11H21N5.HI/c1-10(2)8-15-11(12)14-4-3-6-16-7-5-13-9-16;/h5,7,9-10H,3-4,6,8H2,1-2H3,(H3,12,14,15);1H. The molecule has 6 heteroatoms. The van der Waals surface area contributed by atoms with Crippen LogP contribution >= 0.6 is 24.0 Å². The molecule has 17 heavy (non-hydrogen) atoms. The normalized spacial score (nSPS) is 11.4. The fourth-order valence-corrected chi connectivity index (χ4v) is 1.23. The second kappa shape index (κ2) is 9.26. The van der Waals surface area contributed by atoms with E-state index in [-0.39, 0.29) is 24.0 Å². The molecule has 0 unspecified atom stereocenters. The fourth-order valence-electron chi connectivity index (χ4n) is 1.23. The van der Waals surface area contributed by atoms with Gasteiger partial charge in [0.15, 0.2) is 5.96 Å². The van der Waals surface area contributed by atoms with Gasteiger partial charge in [-0.15, -0.1) is 24.0 Å². The van der Waals surface area contributed by atoms with Crippen LogP contribution in [0.4, 0.5) is 0 Å². The molecule has 5 nitrogen and oxygen atoms in total. The Morgan fingerprint density at radius 1 is 1.53 bits per heavy atom. The molecule has 0 radical (unpaired) electrons. The molecule has 0 spiro atoms. The lowest BCUT2D eigenvalue weighted by Crippen LogP contribution is -2.33. The molecule has 1 aromatic heterocycles. The number of hydrogen-bond acceptors (Lipinski definition) is 2. The molecule has 0 aliphatic carbocycles. The molecular formula is C11H22IN5. The summed E-state index contributed by atoms with van der Waals surface area (Å²) >= 11 is 0. The van der Waals surface area contributed by atoms with Crippen LogP contribution < -0.4 is 11.1 Å². The molecule has 0 bridgehead atoms. The van der Waals surface area contributed by atoms with E-state index in [1.165, 1.54) is 0 Å². The predicted molar refractivity (Wildman–Crippen MR) is 81.6 cm³/mol. The van der Waals surface area contributed by atoms with Crippen LogP contribution in [0.2, 0.25) is 0 Å². The highest BCUT2D eigenvalue weighted by molar-refractivity contribution is 14.0. The van der Waals surface area contributed by atoms with E-state index in [4.69, 9.17) is 5.73 Å². The van der Waals surface area contributed by atoms with Gasteiger partial charge in [-0.05, 0) is 12.3 Å². The molecule has 0 aliphatic rings. The Morgan fingerprint density at radius 2 is 2.29 bits per heavy atom. The van der Waals surface area contributed by atoms with Crippen LogP contribution in [-0.4, -0.2) is 28.6 Å². The van der Waals surface area contributed by atoms with Gasteiger partial charge in [0.2, 0.25) is 0 Å². The number of nitrogens with two attached hydrogens (primary N) is 1. The van der Waals surface area contributed by atoms with Crippen molar-refractivity contribution in [3.8, 4) is 0 Å². The maximum absolute atomic E-state index is 5.70. The smallest absolute Gasteiger partial charge is 0.188 e. The number of rotatable bonds is 6. The van der Waals surface area contributed by atoms with Crippen LogP contribution in [-0.2, 0) is 6.54 Å². The number of aliphatic imine (C=N–C) groups is 1. The van der Waals surface area contributed by atoms with E-state index in [1.54, 1.807) is 6.20 Å². The van der Waals surface area contributed by atoms with Crippen LogP contribution in [0.3, 0.4) is 0 Å². The van der Waals surface area contributed by atoms with Gasteiger partial charge in [0.1, 0.15) is 0 Å². The summed E-state index contributed by atoms with van der Waals surface area (Å²) in [5.41, 5.74) is 5.70. The zero-order chi connectivity index (χ0) is 11.8. The van der Waals surface area contributed by atoms with Gasteiger partial charge in [-0.3, -0.25) is 4.99 Å². The van der Waals surface area contributed by atoms with Crippen molar-refractivity contribution in [1.29, 1.82) is 0 Å². The van der Waals surface area contributed by atoms with Crippen LogP contribution in [0.5, 0.6) is 0 Å². The van der Waals surface area contributed by atoms with Gasteiger partial charge in [0.05, 0.1) is 6.33 Å². The number of aromatic nitrogens is 2. The Morgan fingerprint density at radius 3 is 2.88 bits per heavy atom. The van der Waals surface area contributed by atoms with Crippen molar-refractivity contribution in [3.05, 3.63) is 18.7 Å². The molecule has 0 saturated carbocycles. The average molecular weight is 351 g/mol. The van der Waals surface area contributed by atoms with Gasteiger partial charge in [-0.2, -0.15) is 0 Å². The molecule has 1 aromatic rings. The van der Waals surface area contributed by atoms with Crippen LogP contribution in [0, 0.1) is 5.92 Å². The Hall–Kier alpha value is -0.790. The molecule has 0 fully saturated rings. The molecule has 0 atom stereocenters. The monoisotopic (exact) mass is 351 g/mol. The predicted octanol–water partition coefficient (Wildman–Crippen LogP) is 1.45. The summed E-state index contributed by atoms with van der Waals surface area (Å²) in [5, 5.41) is 3.09. The fraction of sp³-hybridized carbons (Fsp3) is 0.636. The summed E-state index contributed by atoms with van der Waals surface area (Å²) in [6, 6.07) is 0. The number of nitrogens with zero attached hydrogens (tertiary/aromatic N) is 3. The number of imidazole rings is 1. The summed E-state index contributed by atoms with van der Waals surface area (Å²) in [7, 11) is 0. The highest BCUT2D eigenvalue weighted by Crippen LogP contribution is 1.91. The summed E-state index contributed by atoms with van der Waals surface area (Å²) in [6.45, 7) is 6.81. The Balaban J connectivity index is 0.00000256. The number of halogens is 1. The third-order valence-electron chi connectivity index (χ3n) is 2.09. The number of hydrogen-bond donors (Lipinski definition) is 2. The van der Waals surface area contributed by atoms with E-state index in [0.29, 0.717) is 11.9 Å². The minimum atomic E-state index is 0. The lowest BCUT2D eigenvalue weighted by molar-refractivity contribution is 0.624. The van der Waals surface area contributed by atoms with E-state index in [0.717, 1.165) is 26.1 Å². The van der Waals surface area contributed by atoms with Crippen molar-refractivity contribution < 1.29 is 0 Å².